The van der Waals surface area contributed by atoms with Crippen LogP contribution >= 0.6 is 11.3 Å². The van der Waals surface area contributed by atoms with Crippen molar-refractivity contribution in [3.63, 3.8) is 0 Å². The standard InChI is InChI=1S/C19H16N4O3S/c1-11(21)15(9-20)16(24)10-26-19(25)17-8-14-12(2)22-23(18(14)27-17)13-6-4-3-5-7-13/h3-8H,10,21H2,1-2H3/b15-11+. The van der Waals surface area contributed by atoms with Crippen molar-refractivity contribution >= 4 is 33.3 Å². The monoisotopic (exact) mass is 380 g/mol. The van der Waals surface area contributed by atoms with E-state index in [4.69, 9.17) is 15.7 Å². The quantitative estimate of drug-likeness (QED) is 0.414. The van der Waals surface area contributed by atoms with Gasteiger partial charge in [-0.2, -0.15) is 10.4 Å². The van der Waals surface area contributed by atoms with Gasteiger partial charge < -0.3 is 10.5 Å². The number of rotatable bonds is 5. The van der Waals surface area contributed by atoms with Gasteiger partial charge in [-0.1, -0.05) is 18.2 Å². The van der Waals surface area contributed by atoms with Crippen molar-refractivity contribution in [1.82, 2.24) is 9.78 Å². The van der Waals surface area contributed by atoms with Crippen LogP contribution in [0.3, 0.4) is 0 Å². The fourth-order valence-corrected chi connectivity index (χ4v) is 3.61. The minimum atomic E-state index is -0.629. The molecule has 3 aromatic rings. The van der Waals surface area contributed by atoms with E-state index in [2.05, 4.69) is 5.10 Å². The lowest BCUT2D eigenvalue weighted by Crippen LogP contribution is -2.17. The van der Waals surface area contributed by atoms with Crippen LogP contribution in [0.2, 0.25) is 0 Å². The Kier molecular flexibility index (Phi) is 5.05. The Morgan fingerprint density at radius 3 is 2.67 bits per heavy atom. The third-order valence-electron chi connectivity index (χ3n) is 3.87. The summed E-state index contributed by atoms with van der Waals surface area (Å²) in [6.07, 6.45) is 0. The van der Waals surface area contributed by atoms with Gasteiger partial charge in [-0.25, -0.2) is 9.48 Å². The number of esters is 1. The number of benzene rings is 1. The molecule has 136 valence electrons. The molecule has 0 amide bonds. The summed E-state index contributed by atoms with van der Waals surface area (Å²) in [4.78, 5) is 25.4. The molecule has 27 heavy (non-hydrogen) atoms. The van der Waals surface area contributed by atoms with E-state index in [9.17, 15) is 9.59 Å². The highest BCUT2D eigenvalue weighted by molar-refractivity contribution is 7.20. The lowest BCUT2D eigenvalue weighted by molar-refractivity contribution is -0.118. The number of hydrogen-bond donors (Lipinski definition) is 1. The molecule has 0 fully saturated rings. The molecule has 0 radical (unpaired) electrons. The molecule has 0 spiro atoms. The van der Waals surface area contributed by atoms with Crippen molar-refractivity contribution in [1.29, 1.82) is 5.26 Å². The van der Waals surface area contributed by atoms with Gasteiger partial charge in [0.05, 0.1) is 11.4 Å². The molecule has 0 saturated carbocycles. The molecular formula is C19H16N4O3S. The average Bonchev–Trinajstić information content (AvgIpc) is 3.21. The number of ether oxygens (including phenoxy) is 1. The van der Waals surface area contributed by atoms with Gasteiger partial charge in [-0.3, -0.25) is 4.79 Å². The van der Waals surface area contributed by atoms with Crippen molar-refractivity contribution in [2.75, 3.05) is 6.61 Å². The maximum atomic E-state index is 12.3. The molecule has 2 N–H and O–H groups in total. The van der Waals surface area contributed by atoms with Gasteiger partial charge in [0, 0.05) is 11.1 Å². The predicted octanol–water partition coefficient (Wildman–Crippen LogP) is 2.88. The van der Waals surface area contributed by atoms with Crippen LogP contribution in [0.5, 0.6) is 0 Å². The molecule has 7 nitrogen and oxygen atoms in total. The van der Waals surface area contributed by atoms with E-state index in [-0.39, 0.29) is 11.3 Å². The number of carbonyl (C=O) groups is 2. The molecule has 0 aliphatic heterocycles. The molecule has 8 heteroatoms. The average molecular weight is 380 g/mol. The van der Waals surface area contributed by atoms with E-state index in [1.807, 2.05) is 37.3 Å². The van der Waals surface area contributed by atoms with Gasteiger partial charge in [-0.15, -0.1) is 11.3 Å². The lowest BCUT2D eigenvalue weighted by Gasteiger charge is -2.03. The molecule has 0 aliphatic carbocycles. The Morgan fingerprint density at radius 1 is 1.33 bits per heavy atom. The summed E-state index contributed by atoms with van der Waals surface area (Å²) in [6, 6.07) is 13.0. The molecular weight excluding hydrogens is 364 g/mol. The highest BCUT2D eigenvalue weighted by Crippen LogP contribution is 2.30. The number of thiophene rings is 1. The maximum Gasteiger partial charge on any atom is 0.348 e. The first-order valence-corrected chi connectivity index (χ1v) is 8.85. The van der Waals surface area contributed by atoms with Gasteiger partial charge in [-0.05, 0) is 32.0 Å². The first kappa shape index (κ1) is 18.4. The van der Waals surface area contributed by atoms with Crippen molar-refractivity contribution in [3.8, 4) is 11.8 Å². The summed E-state index contributed by atoms with van der Waals surface area (Å²) >= 11 is 1.23. The fourth-order valence-electron chi connectivity index (χ4n) is 2.54. The molecule has 3 rings (SSSR count). The van der Waals surface area contributed by atoms with Crippen molar-refractivity contribution in [3.05, 3.63) is 58.2 Å². The first-order chi connectivity index (χ1) is 12.9. The number of aromatic nitrogens is 2. The van der Waals surface area contributed by atoms with E-state index in [1.54, 1.807) is 16.8 Å². The number of para-hydroxylation sites is 1. The van der Waals surface area contributed by atoms with E-state index in [0.717, 1.165) is 21.6 Å². The Labute approximate surface area is 159 Å². The van der Waals surface area contributed by atoms with Crippen LogP contribution in [0.1, 0.15) is 22.3 Å². The number of Topliss-reactive ketones (excluding diaryl/α,β-unsaturated/α-hetero) is 1. The van der Waals surface area contributed by atoms with Gasteiger partial charge in [0.25, 0.3) is 0 Å². The van der Waals surface area contributed by atoms with E-state index in [0.29, 0.717) is 4.88 Å². The van der Waals surface area contributed by atoms with E-state index in [1.165, 1.54) is 18.3 Å². The van der Waals surface area contributed by atoms with Crippen LogP contribution in [0.4, 0.5) is 0 Å². The zero-order valence-electron chi connectivity index (χ0n) is 14.7. The summed E-state index contributed by atoms with van der Waals surface area (Å²) in [5, 5.41) is 14.3. The van der Waals surface area contributed by atoms with Gasteiger partial charge in [0.1, 0.15) is 21.3 Å². The number of ketones is 1. The molecule has 0 atom stereocenters. The van der Waals surface area contributed by atoms with Crippen LogP contribution in [-0.2, 0) is 9.53 Å². The Morgan fingerprint density at radius 2 is 2.04 bits per heavy atom. The van der Waals surface area contributed by atoms with Gasteiger partial charge >= 0.3 is 5.97 Å². The highest BCUT2D eigenvalue weighted by Gasteiger charge is 2.20. The first-order valence-electron chi connectivity index (χ1n) is 8.03. The van der Waals surface area contributed by atoms with Gasteiger partial charge in [0.15, 0.2) is 6.61 Å². The predicted molar refractivity (Wildman–Crippen MR) is 101 cm³/mol. The number of hydrogen-bond acceptors (Lipinski definition) is 7. The summed E-state index contributed by atoms with van der Waals surface area (Å²) in [6.45, 7) is 2.78. The highest BCUT2D eigenvalue weighted by atomic mass is 32.1. The Hall–Kier alpha value is -3.44. The zero-order valence-corrected chi connectivity index (χ0v) is 15.5. The summed E-state index contributed by atoms with van der Waals surface area (Å²) in [5.41, 5.74) is 7.05. The number of nitrogens with two attached hydrogens (primary N) is 1. The van der Waals surface area contributed by atoms with Crippen molar-refractivity contribution in [2.45, 2.75) is 13.8 Å². The molecule has 0 aliphatic rings. The number of nitrogens with zero attached hydrogens (tertiary/aromatic N) is 3. The second kappa shape index (κ2) is 7.43. The summed E-state index contributed by atoms with van der Waals surface area (Å²) < 4.78 is 6.83. The Bertz CT molecular complexity index is 1100. The molecule has 2 heterocycles. The third-order valence-corrected chi connectivity index (χ3v) is 4.96. The second-order valence-corrected chi connectivity index (χ2v) is 6.86. The zero-order chi connectivity index (χ0) is 19.6. The Balaban J connectivity index is 1.84. The van der Waals surface area contributed by atoms with Crippen molar-refractivity contribution < 1.29 is 14.3 Å². The van der Waals surface area contributed by atoms with Crippen molar-refractivity contribution in [2.24, 2.45) is 5.73 Å². The molecule has 0 unspecified atom stereocenters. The SMILES string of the molecule is C/C(N)=C(/C#N)C(=O)COC(=O)c1cc2c(C)nn(-c3ccccc3)c2s1. The number of carbonyl (C=O) groups excluding carboxylic acids is 2. The molecule has 0 saturated heterocycles. The number of nitriles is 1. The summed E-state index contributed by atoms with van der Waals surface area (Å²) in [7, 11) is 0. The van der Waals surface area contributed by atoms with E-state index >= 15 is 0 Å². The minimum absolute atomic E-state index is 0.0963. The topological polar surface area (TPSA) is 111 Å². The fraction of sp³-hybridized carbons (Fsp3) is 0.158. The van der Waals surface area contributed by atoms with Crippen LogP contribution in [0, 0.1) is 18.3 Å². The number of allylic oxidation sites excluding steroid dienone is 1. The minimum Gasteiger partial charge on any atom is -0.453 e. The summed E-state index contributed by atoms with van der Waals surface area (Å²) in [5.74, 6) is -1.26. The number of aryl methyl sites for hydroxylation is 1. The van der Waals surface area contributed by atoms with Crippen LogP contribution in [0.15, 0.2) is 47.7 Å². The largest absolute Gasteiger partial charge is 0.453 e. The second-order valence-electron chi connectivity index (χ2n) is 5.83. The molecule has 2 aromatic heterocycles. The maximum absolute atomic E-state index is 12.3. The van der Waals surface area contributed by atoms with E-state index < -0.39 is 18.4 Å². The smallest absolute Gasteiger partial charge is 0.348 e. The molecule has 0 bridgehead atoms. The molecule has 1 aromatic carbocycles. The van der Waals surface area contributed by atoms with Crippen LogP contribution < -0.4 is 5.73 Å². The third kappa shape index (κ3) is 3.59. The number of fused-ring (bicyclic) bond motifs is 1. The van der Waals surface area contributed by atoms with Crippen LogP contribution in [-0.4, -0.2) is 28.1 Å². The van der Waals surface area contributed by atoms with Crippen LogP contribution in [0.25, 0.3) is 15.9 Å². The normalized spacial score (nSPS) is 11.7. The van der Waals surface area contributed by atoms with Gasteiger partial charge in [0.2, 0.25) is 5.78 Å². The lowest BCUT2D eigenvalue weighted by atomic mass is 10.1.